The Bertz CT molecular complexity index is 1950. The van der Waals surface area contributed by atoms with Gasteiger partial charge in [0.2, 0.25) is 6.43 Å². The van der Waals surface area contributed by atoms with Crippen molar-refractivity contribution in [3.8, 4) is 23.2 Å². The number of piperidine rings is 1. The molecule has 0 radical (unpaired) electrons. The summed E-state index contributed by atoms with van der Waals surface area (Å²) in [5, 5.41) is 13.4. The number of rotatable bonds is 7. The zero-order chi connectivity index (χ0) is 34.8. The van der Waals surface area contributed by atoms with Crippen LogP contribution in [0.3, 0.4) is 0 Å². The predicted molar refractivity (Wildman–Crippen MR) is 176 cm³/mol. The van der Waals surface area contributed by atoms with Gasteiger partial charge in [-0.05, 0) is 57.0 Å². The Morgan fingerprint density at radius 3 is 2.57 bits per heavy atom. The van der Waals surface area contributed by atoms with Crippen molar-refractivity contribution in [2.75, 3.05) is 50.5 Å². The van der Waals surface area contributed by atoms with E-state index in [1.807, 2.05) is 29.8 Å². The average molecular weight is 704 g/mol. The summed E-state index contributed by atoms with van der Waals surface area (Å²) in [4.78, 5) is 12.7. The lowest BCUT2D eigenvalue weighted by Crippen LogP contribution is -2.52. The van der Waals surface area contributed by atoms with Crippen molar-refractivity contribution in [2.45, 2.75) is 57.3 Å². The van der Waals surface area contributed by atoms with Crippen molar-refractivity contribution in [1.82, 2.24) is 20.2 Å². The van der Waals surface area contributed by atoms with Crippen LogP contribution in [0.4, 0.5) is 37.2 Å². The van der Waals surface area contributed by atoms with Crippen LogP contribution in [0.15, 0.2) is 24.3 Å². The van der Waals surface area contributed by atoms with Crippen LogP contribution in [0.25, 0.3) is 32.1 Å². The lowest BCUT2D eigenvalue weighted by atomic mass is 9.69. The van der Waals surface area contributed by atoms with E-state index in [-0.39, 0.29) is 63.8 Å². The predicted octanol–water partition coefficient (Wildman–Crippen LogP) is 7.06. The molecular weight excluding hydrogens is 668 g/mol. The molecule has 8 nitrogen and oxygen atoms in total. The maximum atomic E-state index is 17.1. The second kappa shape index (κ2) is 12.5. The third-order valence-corrected chi connectivity index (χ3v) is 11.5. The third-order valence-electron chi connectivity index (χ3n) is 10.5. The molecule has 4 aromatic rings. The summed E-state index contributed by atoms with van der Waals surface area (Å²) in [5.74, 6) is -2.13. The Balaban J connectivity index is 1.44. The van der Waals surface area contributed by atoms with Gasteiger partial charge in [0, 0.05) is 64.1 Å². The first kappa shape index (κ1) is 33.6. The Kier molecular flexibility index (Phi) is 8.56. The molecule has 0 saturated carbocycles. The molecule has 2 bridgehead atoms. The Hall–Kier alpha value is -3.87. The van der Waals surface area contributed by atoms with E-state index in [0.29, 0.717) is 37.3 Å². The first-order chi connectivity index (χ1) is 23.3. The van der Waals surface area contributed by atoms with Gasteiger partial charge in [-0.25, -0.2) is 13.2 Å². The fourth-order valence-corrected chi connectivity index (χ4v) is 9.02. The van der Waals surface area contributed by atoms with Crippen LogP contribution < -0.4 is 20.7 Å². The van der Waals surface area contributed by atoms with Crippen LogP contribution in [0.5, 0.6) is 6.01 Å². The molecule has 0 unspecified atom stereocenters. The molecule has 15 heteroatoms. The van der Waals surface area contributed by atoms with Gasteiger partial charge in [0.25, 0.3) is 0 Å². The smallest absolute Gasteiger partial charge is 0.417 e. The number of anilines is 2. The van der Waals surface area contributed by atoms with Crippen LogP contribution in [0, 0.1) is 28.5 Å². The number of fused-ring (bicyclic) bond motifs is 4. The molecule has 0 amide bonds. The SMILES string of the molecule is CC[C@@]1(COc2nc(N3C[C@H]4CC[C@@H](C3)N4)c3cc(C(F)(F)F)c(-c4cccc5sc(N)c(C#N)c45)c(F)c3n2)CN(C)CC[C@@H]1C(F)F. The van der Waals surface area contributed by atoms with Crippen molar-refractivity contribution < 1.29 is 31.1 Å². The van der Waals surface area contributed by atoms with E-state index in [2.05, 4.69) is 15.3 Å². The van der Waals surface area contributed by atoms with E-state index in [4.69, 9.17) is 10.5 Å². The van der Waals surface area contributed by atoms with Crippen LogP contribution >= 0.6 is 11.3 Å². The maximum absolute atomic E-state index is 17.1. The molecule has 5 heterocycles. The van der Waals surface area contributed by atoms with E-state index in [1.165, 1.54) is 12.1 Å². The minimum atomic E-state index is -5.00. The number of hydrogen-bond donors (Lipinski definition) is 2. The summed E-state index contributed by atoms with van der Waals surface area (Å²) < 4.78 is 97.1. The van der Waals surface area contributed by atoms with Crippen molar-refractivity contribution >= 4 is 43.1 Å². The number of piperazine rings is 1. The average Bonchev–Trinajstić information content (AvgIpc) is 3.58. The van der Waals surface area contributed by atoms with Crippen LogP contribution in [-0.4, -0.2) is 73.2 Å². The molecule has 0 spiro atoms. The molecule has 3 fully saturated rings. The molecule has 2 aromatic carbocycles. The van der Waals surface area contributed by atoms with Gasteiger partial charge in [-0.2, -0.15) is 28.4 Å². The van der Waals surface area contributed by atoms with E-state index >= 15 is 4.39 Å². The van der Waals surface area contributed by atoms with Gasteiger partial charge in [0.05, 0.1) is 17.7 Å². The summed E-state index contributed by atoms with van der Waals surface area (Å²) in [6, 6.07) is 7.08. The van der Waals surface area contributed by atoms with Crippen molar-refractivity contribution in [2.24, 2.45) is 11.3 Å². The number of nitrogens with one attached hydrogen (secondary N) is 1. The zero-order valence-electron chi connectivity index (χ0n) is 26.9. The number of hydrogen-bond acceptors (Lipinski definition) is 9. The number of thiophene rings is 1. The number of nitrogens with two attached hydrogens (primary N) is 1. The zero-order valence-corrected chi connectivity index (χ0v) is 27.7. The maximum Gasteiger partial charge on any atom is 0.417 e. The summed E-state index contributed by atoms with van der Waals surface area (Å²) in [5.41, 5.74) is 2.49. The fourth-order valence-electron chi connectivity index (χ4n) is 8.07. The summed E-state index contributed by atoms with van der Waals surface area (Å²) in [6.07, 6.45) is -5.21. The first-order valence-corrected chi connectivity index (χ1v) is 17.1. The summed E-state index contributed by atoms with van der Waals surface area (Å²) >= 11 is 1.03. The number of nitrogens with zero attached hydrogens (tertiary/aromatic N) is 5. The minimum absolute atomic E-state index is 0.0391. The van der Waals surface area contributed by atoms with Gasteiger partial charge in [0.1, 0.15) is 22.4 Å². The summed E-state index contributed by atoms with van der Waals surface area (Å²) in [7, 11) is 1.85. The number of benzene rings is 2. The van der Waals surface area contributed by atoms with E-state index in [0.717, 1.165) is 30.2 Å². The Labute approximate surface area is 282 Å². The lowest BCUT2D eigenvalue weighted by Gasteiger charge is -2.46. The second-order valence-corrected chi connectivity index (χ2v) is 14.6. The second-order valence-electron chi connectivity index (χ2n) is 13.5. The molecular formula is C34H35F6N7OS. The van der Waals surface area contributed by atoms with Gasteiger partial charge in [-0.15, -0.1) is 11.3 Å². The minimum Gasteiger partial charge on any atom is -0.463 e. The first-order valence-electron chi connectivity index (χ1n) is 16.3. The van der Waals surface area contributed by atoms with E-state index in [9.17, 15) is 27.2 Å². The molecule has 3 N–H and O–H groups in total. The Morgan fingerprint density at radius 2 is 1.92 bits per heavy atom. The van der Waals surface area contributed by atoms with Gasteiger partial charge >= 0.3 is 12.2 Å². The fraction of sp³-hybridized carbons (Fsp3) is 0.500. The number of nitrogen functional groups attached to an aromatic ring is 1. The highest BCUT2D eigenvalue weighted by Crippen LogP contribution is 2.48. The van der Waals surface area contributed by atoms with Crippen LogP contribution in [-0.2, 0) is 6.18 Å². The van der Waals surface area contributed by atoms with Gasteiger partial charge in [0.15, 0.2) is 5.82 Å². The van der Waals surface area contributed by atoms with Crippen LogP contribution in [0.1, 0.15) is 43.7 Å². The van der Waals surface area contributed by atoms with Gasteiger partial charge in [-0.1, -0.05) is 19.1 Å². The third kappa shape index (κ3) is 5.81. The molecule has 3 saturated heterocycles. The number of ether oxygens (including phenoxy) is 1. The largest absolute Gasteiger partial charge is 0.463 e. The van der Waals surface area contributed by atoms with Crippen molar-refractivity contribution in [1.29, 1.82) is 5.26 Å². The molecule has 3 aliphatic heterocycles. The molecule has 3 aliphatic rings. The number of alkyl halides is 5. The number of halogens is 6. The lowest BCUT2D eigenvalue weighted by molar-refractivity contribution is -0.137. The standard InChI is InChI=1S/C34H35F6N7OS/c1-3-33(15-46(2)10-9-22(33)29(36)37)16-48-32-44-28-20(31(45-32)47-13-17-7-8-18(14-47)43-17)11-23(34(38,39)40)26(27(28)35)19-5-4-6-24-25(19)21(12-41)30(42)49-24/h4-6,11,17-18,22,29,43H,3,7-10,13-16,42H2,1-2H3/t17-,18+,22-,33+/m1/s1. The van der Waals surface area contributed by atoms with Crippen LogP contribution in [0.2, 0.25) is 0 Å². The van der Waals surface area contributed by atoms with Crippen molar-refractivity contribution in [3.63, 3.8) is 0 Å². The topological polar surface area (TPSA) is 103 Å². The van der Waals surface area contributed by atoms with Gasteiger partial charge < -0.3 is 25.6 Å². The number of nitriles is 1. The highest BCUT2D eigenvalue weighted by Gasteiger charge is 2.47. The monoisotopic (exact) mass is 703 g/mol. The van der Waals surface area contributed by atoms with E-state index < -0.39 is 46.4 Å². The van der Waals surface area contributed by atoms with E-state index in [1.54, 1.807) is 6.07 Å². The number of likely N-dealkylation sites (tertiary alicyclic amines) is 1. The molecule has 2 aromatic heterocycles. The quantitative estimate of drug-likeness (QED) is 0.198. The summed E-state index contributed by atoms with van der Waals surface area (Å²) in [6.45, 7) is 3.31. The molecule has 7 rings (SSSR count). The normalized spacial score (nSPS) is 24.7. The molecule has 0 aliphatic carbocycles. The van der Waals surface area contributed by atoms with Crippen molar-refractivity contribution in [3.05, 3.63) is 41.2 Å². The highest BCUT2D eigenvalue weighted by atomic mass is 32.1. The highest BCUT2D eigenvalue weighted by molar-refractivity contribution is 7.23. The molecule has 49 heavy (non-hydrogen) atoms. The molecule has 260 valence electrons. The van der Waals surface area contributed by atoms with Gasteiger partial charge in [-0.3, -0.25) is 0 Å². The number of aromatic nitrogens is 2. The molecule has 4 atom stereocenters. The Morgan fingerprint density at radius 1 is 1.18 bits per heavy atom.